The van der Waals surface area contributed by atoms with Gasteiger partial charge in [0.15, 0.2) is 77.1 Å². The second-order valence-corrected chi connectivity index (χ2v) is 17.3. The third-order valence-electron chi connectivity index (χ3n) is 11.3. The van der Waals surface area contributed by atoms with Gasteiger partial charge in [0.2, 0.25) is 0 Å². The fourth-order valence-electron chi connectivity index (χ4n) is 8.71. The third-order valence-corrected chi connectivity index (χ3v) is 16.9. The number of ether oxygens (including phenoxy) is 12. The fourth-order valence-corrected chi connectivity index (χ4v) is 15.4. The summed E-state index contributed by atoms with van der Waals surface area (Å²) in [7, 11) is 14.7. The van der Waals surface area contributed by atoms with Gasteiger partial charge in [-0.1, -0.05) is 25.8 Å². The van der Waals surface area contributed by atoms with Crippen LogP contribution in [0.4, 0.5) is 0 Å². The first-order valence-corrected chi connectivity index (χ1v) is 19.6. The van der Waals surface area contributed by atoms with Crippen LogP contribution in [0.15, 0.2) is 16.7 Å². The summed E-state index contributed by atoms with van der Waals surface area (Å²) in [5, 5.41) is 0.582. The standard InChI is InChI=1S/C42H57O12Si.3ClH.Ti/c1-21-20-42(7,26(6)22(21)2)55(39-33(49-14)27(43-8)23(3)28(44-9)34(39)50-15,40-35(51-16)29(45-10)24(4)30(46-11)36(40)52-17)41-37(53-18)31(47-12)25(5)32(48-13)38(41)54-19;;;;/h1-19H3;3*1H;/q-1;;;;+4/p-3. The Kier molecular flexibility index (Phi) is 20.6. The monoisotopic (exact) mass is 934 g/mol. The smallest absolute Gasteiger partial charge is 1.00 e. The van der Waals surface area contributed by atoms with Gasteiger partial charge in [0.1, 0.15) is 0 Å². The van der Waals surface area contributed by atoms with Gasteiger partial charge in [-0.15, -0.1) is 6.92 Å². The Morgan fingerprint density at radius 2 is 0.542 bits per heavy atom. The molecule has 1 aliphatic carbocycles. The van der Waals surface area contributed by atoms with Gasteiger partial charge in [0.05, 0.1) is 85.3 Å². The number of hydrogen-bond donors (Lipinski definition) is 0. The molecule has 0 fully saturated rings. The molecular weight excluding hydrogens is 879 g/mol. The van der Waals surface area contributed by atoms with E-state index in [1.165, 1.54) is 0 Å². The minimum atomic E-state index is -4.43. The maximum absolute atomic E-state index is 6.54. The Morgan fingerprint density at radius 3 is 0.678 bits per heavy atom. The van der Waals surface area contributed by atoms with E-state index in [1.807, 2.05) is 27.7 Å². The van der Waals surface area contributed by atoms with E-state index in [0.29, 0.717) is 101 Å². The quantitative estimate of drug-likeness (QED) is 0.0834. The van der Waals surface area contributed by atoms with Crippen LogP contribution in [0.25, 0.3) is 0 Å². The Bertz CT molecular complexity index is 1770. The summed E-state index contributed by atoms with van der Waals surface area (Å²) in [4.78, 5) is 0. The van der Waals surface area contributed by atoms with E-state index in [4.69, 9.17) is 56.8 Å². The second-order valence-electron chi connectivity index (χ2n) is 13.3. The first-order chi connectivity index (χ1) is 26.2. The van der Waals surface area contributed by atoms with Crippen molar-refractivity contribution in [1.29, 1.82) is 0 Å². The van der Waals surface area contributed by atoms with Crippen LogP contribution in [0.3, 0.4) is 0 Å². The number of benzene rings is 3. The zero-order chi connectivity index (χ0) is 41.3. The number of rotatable bonds is 16. The summed E-state index contributed by atoms with van der Waals surface area (Å²) in [6.07, 6.45) is 3.97. The molecule has 4 rings (SSSR count). The summed E-state index contributed by atoms with van der Waals surface area (Å²) in [5.41, 5.74) is 4.92. The van der Waals surface area contributed by atoms with E-state index < -0.39 is 13.1 Å². The van der Waals surface area contributed by atoms with Gasteiger partial charge in [0, 0.05) is 32.3 Å². The first kappa shape index (κ1) is 55.5. The molecule has 1 aliphatic rings. The van der Waals surface area contributed by atoms with E-state index in [1.54, 1.807) is 85.3 Å². The van der Waals surface area contributed by atoms with Crippen molar-refractivity contribution in [1.82, 2.24) is 0 Å². The summed E-state index contributed by atoms with van der Waals surface area (Å²) >= 11 is 0. The van der Waals surface area contributed by atoms with Gasteiger partial charge < -0.3 is 94.1 Å². The molecular formula is C42H57Cl3O12SiTi. The van der Waals surface area contributed by atoms with Crippen molar-refractivity contribution >= 4 is 23.6 Å². The SMILES string of the molecule is COc1c(C)c(OC)c(OC)c([Si](c2c(OC)c(OC)c(C)c(OC)c2OC)(c2c(OC)c(OC)c(C)c(OC)c2OC)C2(C)[C-]=C(C)C(C)=C2C)c1OC.[Cl-].[Cl-].[Cl-].[Ti+4]. The molecule has 12 nitrogen and oxygen atoms in total. The molecule has 3 aromatic rings. The summed E-state index contributed by atoms with van der Waals surface area (Å²) in [5.74, 6) is 4.71. The van der Waals surface area contributed by atoms with E-state index in [0.717, 1.165) is 16.7 Å². The Hall–Kier alpha value is -3.46. The van der Waals surface area contributed by atoms with E-state index in [-0.39, 0.29) is 58.9 Å². The summed E-state index contributed by atoms with van der Waals surface area (Å²) in [6.45, 7) is 14.0. The largest absolute Gasteiger partial charge is 4.00 e. The van der Waals surface area contributed by atoms with Gasteiger partial charge in [-0.2, -0.15) is 11.1 Å². The number of hydrogen-bond acceptors (Lipinski definition) is 12. The topological polar surface area (TPSA) is 111 Å². The Morgan fingerprint density at radius 1 is 0.356 bits per heavy atom. The average Bonchev–Trinajstić information content (AvgIpc) is 3.39. The molecule has 0 bridgehead atoms. The minimum Gasteiger partial charge on any atom is -1.00 e. The number of methoxy groups -OCH3 is 12. The van der Waals surface area contributed by atoms with Crippen LogP contribution in [-0.2, 0) is 21.7 Å². The normalized spacial score (nSPS) is 14.3. The number of halogens is 3. The van der Waals surface area contributed by atoms with Gasteiger partial charge in [-0.3, -0.25) is 6.08 Å². The predicted molar refractivity (Wildman–Crippen MR) is 216 cm³/mol. The first-order valence-electron chi connectivity index (χ1n) is 17.6. The molecule has 0 spiro atoms. The van der Waals surface area contributed by atoms with E-state index in [2.05, 4.69) is 26.8 Å². The maximum Gasteiger partial charge on any atom is 4.00 e. The van der Waals surface area contributed by atoms with Crippen LogP contribution in [0.2, 0.25) is 5.04 Å². The van der Waals surface area contributed by atoms with Crippen molar-refractivity contribution in [3.63, 3.8) is 0 Å². The zero-order valence-electron chi connectivity index (χ0n) is 37.5. The second kappa shape index (κ2) is 21.9. The number of allylic oxidation sites excluding steroid dienone is 4. The van der Waals surface area contributed by atoms with Crippen LogP contribution in [0, 0.1) is 26.8 Å². The molecule has 0 radical (unpaired) electrons. The van der Waals surface area contributed by atoms with Crippen molar-refractivity contribution in [2.75, 3.05) is 85.3 Å². The molecule has 17 heteroatoms. The Balaban J connectivity index is 0.00000841. The van der Waals surface area contributed by atoms with Crippen LogP contribution in [0.5, 0.6) is 69.0 Å². The van der Waals surface area contributed by atoms with Crippen LogP contribution >= 0.6 is 0 Å². The van der Waals surface area contributed by atoms with Crippen molar-refractivity contribution < 1.29 is 116 Å². The molecule has 1 atom stereocenters. The van der Waals surface area contributed by atoms with E-state index in [9.17, 15) is 0 Å². The van der Waals surface area contributed by atoms with Gasteiger partial charge in [-0.05, 0) is 20.8 Å². The summed E-state index contributed by atoms with van der Waals surface area (Å²) < 4.78 is 76.6. The molecule has 59 heavy (non-hydrogen) atoms. The summed E-state index contributed by atoms with van der Waals surface area (Å²) in [6, 6.07) is 0. The van der Waals surface area contributed by atoms with Gasteiger partial charge in [0.25, 0.3) is 0 Å². The average molecular weight is 936 g/mol. The van der Waals surface area contributed by atoms with Crippen molar-refractivity contribution in [2.24, 2.45) is 0 Å². The van der Waals surface area contributed by atoms with Crippen LogP contribution in [-0.4, -0.2) is 93.4 Å². The van der Waals surface area contributed by atoms with Crippen LogP contribution < -0.4 is 110 Å². The van der Waals surface area contributed by atoms with Crippen LogP contribution in [0.1, 0.15) is 44.4 Å². The Labute approximate surface area is 384 Å². The molecule has 0 amide bonds. The third kappa shape index (κ3) is 7.84. The molecule has 0 N–H and O–H groups in total. The molecule has 0 saturated carbocycles. The van der Waals surface area contributed by atoms with Gasteiger partial charge in [-0.25, -0.2) is 5.57 Å². The molecule has 1 unspecified atom stereocenters. The maximum atomic E-state index is 6.54. The molecule has 3 aromatic carbocycles. The predicted octanol–water partition coefficient (Wildman–Crippen LogP) is -2.95. The molecule has 0 aliphatic heterocycles. The molecule has 0 aromatic heterocycles. The zero-order valence-corrected chi connectivity index (χ0v) is 42.4. The molecule has 0 saturated heterocycles. The van der Waals surface area contributed by atoms with Crippen molar-refractivity contribution in [2.45, 2.75) is 53.5 Å². The fraction of sp³-hybridized carbons (Fsp3) is 0.476. The van der Waals surface area contributed by atoms with Gasteiger partial charge >= 0.3 is 21.7 Å². The molecule has 0 heterocycles. The van der Waals surface area contributed by atoms with Crippen molar-refractivity contribution in [3.05, 3.63) is 39.5 Å². The molecule has 326 valence electrons. The van der Waals surface area contributed by atoms with E-state index >= 15 is 0 Å². The minimum absolute atomic E-state index is 0. The van der Waals surface area contributed by atoms with Crippen molar-refractivity contribution in [3.8, 4) is 69.0 Å².